The fraction of sp³-hybridized carbons (Fsp3) is 0.611. The van der Waals surface area contributed by atoms with Gasteiger partial charge in [-0.2, -0.15) is 0 Å². The largest absolute Gasteiger partial charge is 0.331 e. The number of benzene rings is 1. The fourth-order valence-corrected chi connectivity index (χ4v) is 5.71. The molecular formula is C18H22BrFN2O3S. The molecule has 2 fully saturated rings. The zero-order chi connectivity index (χ0) is 18.7. The van der Waals surface area contributed by atoms with Gasteiger partial charge in [-0.25, -0.2) is 13.1 Å². The second-order valence-corrected chi connectivity index (χ2v) is 10.6. The second kappa shape index (κ2) is 6.27. The highest BCUT2D eigenvalue weighted by atomic mass is 79.9. The van der Waals surface area contributed by atoms with E-state index in [0.717, 1.165) is 18.4 Å². The molecule has 1 N–H and O–H groups in total. The highest BCUT2D eigenvalue weighted by Crippen LogP contribution is 2.45. The van der Waals surface area contributed by atoms with Crippen LogP contribution in [-0.4, -0.2) is 38.5 Å². The van der Waals surface area contributed by atoms with E-state index >= 15 is 0 Å². The van der Waals surface area contributed by atoms with E-state index in [9.17, 15) is 17.6 Å². The Hall–Kier alpha value is -0.990. The number of nitrogens with one attached hydrogen (secondary N) is 1. The summed E-state index contributed by atoms with van der Waals surface area (Å²) in [6, 6.07) is 3.40. The molecule has 0 saturated heterocycles. The summed E-state index contributed by atoms with van der Waals surface area (Å²) >= 11 is 3.36. The summed E-state index contributed by atoms with van der Waals surface area (Å²) < 4.78 is 42.0. The molecule has 3 aliphatic rings. The molecule has 2 aliphatic carbocycles. The van der Waals surface area contributed by atoms with Gasteiger partial charge in [0.1, 0.15) is 0 Å². The van der Waals surface area contributed by atoms with E-state index < -0.39 is 22.1 Å². The lowest BCUT2D eigenvalue weighted by atomic mass is 10.1. The smallest absolute Gasteiger partial charge is 0.256 e. The summed E-state index contributed by atoms with van der Waals surface area (Å²) in [4.78, 5) is 14.7. The van der Waals surface area contributed by atoms with Crippen molar-refractivity contribution in [3.63, 3.8) is 0 Å². The summed E-state index contributed by atoms with van der Waals surface area (Å²) in [5.41, 5.74) is 0.431. The van der Waals surface area contributed by atoms with E-state index in [1.165, 1.54) is 6.07 Å². The molecule has 2 saturated carbocycles. The number of carbonyl (C=O) groups is 1. The Morgan fingerprint density at radius 3 is 2.65 bits per heavy atom. The number of rotatable bonds is 7. The van der Waals surface area contributed by atoms with Gasteiger partial charge in [0.05, 0.1) is 17.1 Å². The van der Waals surface area contributed by atoms with Crippen LogP contribution in [0.3, 0.4) is 0 Å². The lowest BCUT2D eigenvalue weighted by Gasteiger charge is -2.24. The molecule has 1 unspecified atom stereocenters. The highest BCUT2D eigenvalue weighted by molar-refractivity contribution is 9.10. The number of sulfonamides is 1. The highest BCUT2D eigenvalue weighted by Gasteiger charge is 2.45. The van der Waals surface area contributed by atoms with Gasteiger partial charge in [0.25, 0.3) is 5.91 Å². The lowest BCUT2D eigenvalue weighted by Crippen LogP contribution is -2.36. The number of hydrogen-bond acceptors (Lipinski definition) is 3. The average molecular weight is 445 g/mol. The zero-order valence-corrected chi connectivity index (χ0v) is 17.0. The maximum absolute atomic E-state index is 13.1. The van der Waals surface area contributed by atoms with Gasteiger partial charge in [0.15, 0.2) is 0 Å². The molecule has 0 aromatic heterocycles. The van der Waals surface area contributed by atoms with Crippen LogP contribution in [0.4, 0.5) is 4.39 Å². The van der Waals surface area contributed by atoms with Crippen molar-refractivity contribution >= 4 is 31.9 Å². The number of carbonyl (C=O) groups excluding carboxylic acids is 1. The third kappa shape index (κ3) is 3.20. The van der Waals surface area contributed by atoms with E-state index in [0.29, 0.717) is 29.8 Å². The van der Waals surface area contributed by atoms with Crippen LogP contribution in [0.15, 0.2) is 21.5 Å². The first-order chi connectivity index (χ1) is 12.3. The maximum Gasteiger partial charge on any atom is 0.256 e. The van der Waals surface area contributed by atoms with E-state index in [1.807, 2.05) is 13.0 Å². The third-order valence-corrected chi connectivity index (χ3v) is 7.81. The SMILES string of the molecule is CC(C1CC1)N1Cc2cc(Br)cc(S(=O)(=O)NCC3(CF)CC3)c2C1=O. The minimum atomic E-state index is -3.89. The molecule has 0 radical (unpaired) electrons. The Bertz CT molecular complexity index is 865. The molecule has 1 aromatic rings. The summed E-state index contributed by atoms with van der Waals surface area (Å²) in [7, 11) is -3.89. The van der Waals surface area contributed by atoms with Crippen molar-refractivity contribution in [1.29, 1.82) is 0 Å². The van der Waals surface area contributed by atoms with E-state index in [2.05, 4.69) is 20.7 Å². The molecular weight excluding hydrogens is 423 g/mol. The second-order valence-electron chi connectivity index (χ2n) is 7.91. The Labute approximate surface area is 161 Å². The third-order valence-electron chi connectivity index (χ3n) is 5.93. The average Bonchev–Trinajstić information content (AvgIpc) is 3.51. The number of nitrogens with zero attached hydrogens (tertiary/aromatic N) is 1. The predicted molar refractivity (Wildman–Crippen MR) is 99.0 cm³/mol. The number of halogens is 2. The van der Waals surface area contributed by atoms with Crippen LogP contribution in [0.5, 0.6) is 0 Å². The van der Waals surface area contributed by atoms with Gasteiger partial charge in [-0.3, -0.25) is 9.18 Å². The van der Waals surface area contributed by atoms with Gasteiger partial charge in [0, 0.05) is 29.0 Å². The van der Waals surface area contributed by atoms with E-state index in [1.54, 1.807) is 4.90 Å². The van der Waals surface area contributed by atoms with Crippen molar-refractivity contribution in [3.8, 4) is 0 Å². The molecule has 8 heteroatoms. The number of amides is 1. The number of alkyl halides is 1. The van der Waals surface area contributed by atoms with Crippen molar-refractivity contribution in [2.45, 2.75) is 50.1 Å². The Kier molecular flexibility index (Phi) is 4.44. The monoisotopic (exact) mass is 444 g/mol. The zero-order valence-electron chi connectivity index (χ0n) is 14.6. The lowest BCUT2D eigenvalue weighted by molar-refractivity contribution is 0.0694. The van der Waals surface area contributed by atoms with E-state index in [-0.39, 0.29) is 29.0 Å². The normalized spacial score (nSPS) is 22.4. The molecule has 1 aliphatic heterocycles. The first-order valence-electron chi connectivity index (χ1n) is 8.95. The molecule has 1 heterocycles. The van der Waals surface area contributed by atoms with Crippen molar-refractivity contribution in [3.05, 3.63) is 27.7 Å². The summed E-state index contributed by atoms with van der Waals surface area (Å²) in [5.74, 6) is 0.285. The van der Waals surface area contributed by atoms with Crippen molar-refractivity contribution in [1.82, 2.24) is 9.62 Å². The van der Waals surface area contributed by atoms with Gasteiger partial charge >= 0.3 is 0 Å². The van der Waals surface area contributed by atoms with Crippen LogP contribution in [0.1, 0.15) is 48.5 Å². The molecule has 1 amide bonds. The van der Waals surface area contributed by atoms with Crippen LogP contribution in [0.2, 0.25) is 0 Å². The van der Waals surface area contributed by atoms with Crippen LogP contribution in [-0.2, 0) is 16.6 Å². The molecule has 0 bridgehead atoms. The van der Waals surface area contributed by atoms with Crippen LogP contribution in [0, 0.1) is 11.3 Å². The molecule has 26 heavy (non-hydrogen) atoms. The summed E-state index contributed by atoms with van der Waals surface area (Å²) in [5, 5.41) is 0. The molecule has 4 rings (SSSR count). The summed E-state index contributed by atoms with van der Waals surface area (Å²) in [6.45, 7) is 2.00. The fourth-order valence-electron chi connectivity index (χ4n) is 3.64. The van der Waals surface area contributed by atoms with Crippen molar-refractivity contribution in [2.75, 3.05) is 13.2 Å². The summed E-state index contributed by atoms with van der Waals surface area (Å²) in [6.07, 6.45) is 3.61. The van der Waals surface area contributed by atoms with Gasteiger partial charge < -0.3 is 4.90 Å². The van der Waals surface area contributed by atoms with Crippen molar-refractivity contribution < 1.29 is 17.6 Å². The van der Waals surface area contributed by atoms with Crippen molar-refractivity contribution in [2.24, 2.45) is 11.3 Å². The molecule has 142 valence electrons. The topological polar surface area (TPSA) is 66.5 Å². The molecule has 1 atom stereocenters. The van der Waals surface area contributed by atoms with Crippen LogP contribution in [0.25, 0.3) is 0 Å². The first kappa shape index (κ1) is 18.4. The van der Waals surface area contributed by atoms with E-state index in [4.69, 9.17) is 0 Å². The standard InChI is InChI=1S/C18H22BrFN2O3S/c1-11(12-2-3-12)22-8-13-6-14(19)7-15(16(13)17(22)23)26(24,25)21-10-18(9-20)4-5-18/h6-7,11-12,21H,2-5,8-10H2,1H3. The quantitative estimate of drug-likeness (QED) is 0.701. The minimum absolute atomic E-state index is 0.00738. The number of fused-ring (bicyclic) bond motifs is 1. The molecule has 0 spiro atoms. The molecule has 5 nitrogen and oxygen atoms in total. The maximum atomic E-state index is 13.1. The molecule has 1 aromatic carbocycles. The Balaban J connectivity index is 1.65. The number of hydrogen-bond donors (Lipinski definition) is 1. The van der Waals surface area contributed by atoms with Gasteiger partial charge in [-0.15, -0.1) is 0 Å². The van der Waals surface area contributed by atoms with Gasteiger partial charge in [0.2, 0.25) is 10.0 Å². The van der Waals surface area contributed by atoms with Gasteiger partial charge in [-0.05, 0) is 56.2 Å². The first-order valence-corrected chi connectivity index (χ1v) is 11.2. The minimum Gasteiger partial charge on any atom is -0.331 e. The van der Waals surface area contributed by atoms with Crippen LogP contribution >= 0.6 is 15.9 Å². The Morgan fingerprint density at radius 1 is 1.38 bits per heavy atom. The van der Waals surface area contributed by atoms with Crippen LogP contribution < -0.4 is 4.72 Å². The predicted octanol–water partition coefficient (Wildman–Crippen LogP) is 3.23. The Morgan fingerprint density at radius 2 is 2.08 bits per heavy atom. The van der Waals surface area contributed by atoms with Gasteiger partial charge in [-0.1, -0.05) is 15.9 Å².